The van der Waals surface area contributed by atoms with E-state index in [4.69, 9.17) is 0 Å². The maximum atomic E-state index is 11.7. The molecule has 0 aliphatic carbocycles. The number of hydrogen-bond acceptors (Lipinski definition) is 3. The molecule has 0 aromatic carbocycles. The molecule has 4 nitrogen and oxygen atoms in total. The smallest absolute Gasteiger partial charge is 0.310 e. The zero-order valence-electron chi connectivity index (χ0n) is 8.21. The highest BCUT2D eigenvalue weighted by atomic mass is 19.4. The molecule has 88 valence electrons. The topological polar surface area (TPSA) is 54.0 Å². The number of nitrogens with zero attached hydrogens (tertiary/aromatic N) is 1. The Bertz CT molecular complexity index is 340. The van der Waals surface area contributed by atoms with Gasteiger partial charge >= 0.3 is 6.18 Å². The number of rotatable bonds is 4. The van der Waals surface area contributed by atoms with E-state index < -0.39 is 25.2 Å². The Morgan fingerprint density at radius 2 is 2.12 bits per heavy atom. The lowest BCUT2D eigenvalue weighted by Gasteiger charge is -2.08. The Morgan fingerprint density at radius 1 is 1.38 bits per heavy atom. The second-order valence-electron chi connectivity index (χ2n) is 2.98. The van der Waals surface area contributed by atoms with E-state index in [2.05, 4.69) is 10.3 Å². The minimum absolute atomic E-state index is 0.307. The maximum Gasteiger partial charge on any atom is 0.401 e. The molecular weight excluding hydrogens is 223 g/mol. The van der Waals surface area contributed by atoms with Crippen LogP contribution in [0.15, 0.2) is 24.4 Å². The Labute approximate surface area is 89.9 Å². The minimum atomic E-state index is -4.31. The van der Waals surface area contributed by atoms with Crippen LogP contribution in [-0.2, 0) is 4.79 Å². The van der Waals surface area contributed by atoms with Crippen molar-refractivity contribution >= 4 is 11.7 Å². The molecule has 7 heteroatoms. The maximum absolute atomic E-state index is 11.7. The first-order valence-corrected chi connectivity index (χ1v) is 4.46. The largest absolute Gasteiger partial charge is 0.401 e. The molecule has 0 aliphatic rings. The first-order chi connectivity index (χ1) is 7.47. The van der Waals surface area contributed by atoms with E-state index in [0.29, 0.717) is 5.82 Å². The molecule has 1 heterocycles. The van der Waals surface area contributed by atoms with E-state index >= 15 is 0 Å². The van der Waals surface area contributed by atoms with Crippen LogP contribution < -0.4 is 10.6 Å². The molecule has 0 aliphatic heterocycles. The summed E-state index contributed by atoms with van der Waals surface area (Å²) in [7, 11) is 0. The van der Waals surface area contributed by atoms with E-state index in [1.54, 1.807) is 18.2 Å². The monoisotopic (exact) mass is 233 g/mol. The van der Waals surface area contributed by atoms with E-state index in [-0.39, 0.29) is 0 Å². The summed E-state index contributed by atoms with van der Waals surface area (Å²) in [5.74, 6) is -0.260. The van der Waals surface area contributed by atoms with Gasteiger partial charge in [0.05, 0.1) is 13.1 Å². The number of carbonyl (C=O) groups is 1. The van der Waals surface area contributed by atoms with Crippen LogP contribution in [0.3, 0.4) is 0 Å². The van der Waals surface area contributed by atoms with Crippen LogP contribution in [0.25, 0.3) is 0 Å². The Hall–Kier alpha value is -1.63. The predicted octanol–water partition coefficient (Wildman–Crippen LogP) is 1.17. The summed E-state index contributed by atoms with van der Waals surface area (Å²) in [4.78, 5) is 14.9. The van der Waals surface area contributed by atoms with Crippen molar-refractivity contribution in [2.45, 2.75) is 6.18 Å². The molecule has 0 fully saturated rings. The van der Waals surface area contributed by atoms with Gasteiger partial charge in [0.2, 0.25) is 5.91 Å². The van der Waals surface area contributed by atoms with E-state index in [9.17, 15) is 18.0 Å². The van der Waals surface area contributed by atoms with Gasteiger partial charge in [0.15, 0.2) is 0 Å². The lowest BCUT2D eigenvalue weighted by molar-refractivity contribution is -0.126. The molecule has 1 aromatic rings. The van der Waals surface area contributed by atoms with Gasteiger partial charge in [0.1, 0.15) is 5.82 Å². The predicted molar refractivity (Wildman–Crippen MR) is 51.8 cm³/mol. The third-order valence-corrected chi connectivity index (χ3v) is 1.54. The standard InChI is InChI=1S/C9H10F3N3O/c10-9(11,12)6-13-5-8(16)15-7-3-1-2-4-14-7/h1-4,13H,5-6H2,(H,14,15,16). The van der Waals surface area contributed by atoms with Crippen molar-refractivity contribution in [3.8, 4) is 0 Å². The van der Waals surface area contributed by atoms with Crippen LogP contribution in [0.5, 0.6) is 0 Å². The third-order valence-electron chi connectivity index (χ3n) is 1.54. The molecule has 0 radical (unpaired) electrons. The summed E-state index contributed by atoms with van der Waals surface area (Å²) >= 11 is 0. The minimum Gasteiger partial charge on any atom is -0.310 e. The first kappa shape index (κ1) is 12.4. The summed E-state index contributed by atoms with van der Waals surface area (Å²) in [6.45, 7) is -1.60. The summed E-state index contributed by atoms with van der Waals surface area (Å²) in [5, 5.41) is 4.33. The van der Waals surface area contributed by atoms with Gasteiger partial charge in [0.25, 0.3) is 0 Å². The van der Waals surface area contributed by atoms with Gasteiger partial charge in [-0.2, -0.15) is 13.2 Å². The molecule has 0 unspecified atom stereocenters. The SMILES string of the molecule is O=C(CNCC(F)(F)F)Nc1ccccn1. The van der Waals surface area contributed by atoms with Gasteiger partial charge in [-0.05, 0) is 12.1 Å². The molecule has 0 saturated heterocycles. The van der Waals surface area contributed by atoms with Gasteiger partial charge < -0.3 is 10.6 Å². The van der Waals surface area contributed by atoms with Crippen LogP contribution >= 0.6 is 0 Å². The number of carbonyl (C=O) groups excluding carboxylic acids is 1. The highest BCUT2D eigenvalue weighted by Crippen LogP contribution is 2.11. The van der Waals surface area contributed by atoms with Crippen LogP contribution in [0.4, 0.5) is 19.0 Å². The third kappa shape index (κ3) is 5.30. The van der Waals surface area contributed by atoms with Crippen molar-refractivity contribution in [2.24, 2.45) is 0 Å². The number of aromatic nitrogens is 1. The van der Waals surface area contributed by atoms with E-state index in [1.165, 1.54) is 6.20 Å². The summed E-state index contributed by atoms with van der Waals surface area (Å²) in [6, 6.07) is 4.87. The van der Waals surface area contributed by atoms with Crippen LogP contribution in [0.2, 0.25) is 0 Å². The van der Waals surface area contributed by atoms with E-state index in [1.807, 2.05) is 5.32 Å². The van der Waals surface area contributed by atoms with Gasteiger partial charge in [0, 0.05) is 6.20 Å². The quantitative estimate of drug-likeness (QED) is 0.820. The second kappa shape index (κ2) is 5.45. The van der Waals surface area contributed by atoms with Gasteiger partial charge in [-0.3, -0.25) is 4.79 Å². The van der Waals surface area contributed by atoms with Crippen LogP contribution in [0.1, 0.15) is 0 Å². The molecule has 0 atom stereocenters. The number of anilines is 1. The molecule has 1 amide bonds. The van der Waals surface area contributed by atoms with Crippen molar-refractivity contribution in [1.82, 2.24) is 10.3 Å². The Kier molecular flexibility index (Phi) is 4.24. The lowest BCUT2D eigenvalue weighted by atomic mass is 10.4. The van der Waals surface area contributed by atoms with Crippen LogP contribution in [0, 0.1) is 0 Å². The normalized spacial score (nSPS) is 11.2. The fourth-order valence-corrected chi connectivity index (χ4v) is 0.942. The number of pyridine rings is 1. The highest BCUT2D eigenvalue weighted by molar-refractivity contribution is 5.91. The van der Waals surface area contributed by atoms with Crippen molar-refractivity contribution in [3.05, 3.63) is 24.4 Å². The fraction of sp³-hybridized carbons (Fsp3) is 0.333. The van der Waals surface area contributed by atoms with Crippen molar-refractivity contribution in [1.29, 1.82) is 0 Å². The number of halogens is 3. The van der Waals surface area contributed by atoms with Crippen molar-refractivity contribution in [3.63, 3.8) is 0 Å². The summed E-state index contributed by atoms with van der Waals surface area (Å²) in [6.07, 6.45) is -2.84. The number of nitrogens with one attached hydrogen (secondary N) is 2. The van der Waals surface area contributed by atoms with Crippen molar-refractivity contribution < 1.29 is 18.0 Å². The second-order valence-corrected chi connectivity index (χ2v) is 2.98. The summed E-state index contributed by atoms with van der Waals surface area (Å²) < 4.78 is 35.2. The van der Waals surface area contributed by atoms with Gasteiger partial charge in [-0.15, -0.1) is 0 Å². The fourth-order valence-electron chi connectivity index (χ4n) is 0.942. The Morgan fingerprint density at radius 3 is 2.69 bits per heavy atom. The van der Waals surface area contributed by atoms with Crippen LogP contribution in [-0.4, -0.2) is 30.2 Å². The Balaban J connectivity index is 2.27. The number of alkyl halides is 3. The summed E-state index contributed by atoms with van der Waals surface area (Å²) in [5.41, 5.74) is 0. The zero-order valence-corrected chi connectivity index (χ0v) is 8.21. The molecule has 0 spiro atoms. The van der Waals surface area contributed by atoms with Gasteiger partial charge in [-0.25, -0.2) is 4.98 Å². The van der Waals surface area contributed by atoms with E-state index in [0.717, 1.165) is 0 Å². The average Bonchev–Trinajstić information content (AvgIpc) is 2.17. The molecule has 0 saturated carbocycles. The average molecular weight is 233 g/mol. The number of amides is 1. The molecule has 1 rings (SSSR count). The molecule has 2 N–H and O–H groups in total. The zero-order chi connectivity index (χ0) is 12.0. The van der Waals surface area contributed by atoms with Crippen molar-refractivity contribution in [2.75, 3.05) is 18.4 Å². The lowest BCUT2D eigenvalue weighted by Crippen LogP contribution is -2.35. The first-order valence-electron chi connectivity index (χ1n) is 4.46. The molecule has 0 bridgehead atoms. The van der Waals surface area contributed by atoms with Gasteiger partial charge in [-0.1, -0.05) is 6.07 Å². The molecule has 16 heavy (non-hydrogen) atoms. The number of hydrogen-bond donors (Lipinski definition) is 2. The molecular formula is C9H10F3N3O. The highest BCUT2D eigenvalue weighted by Gasteiger charge is 2.26. The molecule has 1 aromatic heterocycles.